The Morgan fingerprint density at radius 2 is 2.00 bits per heavy atom. The minimum absolute atomic E-state index is 0.0640. The van der Waals surface area contributed by atoms with Crippen molar-refractivity contribution < 1.29 is 19.4 Å². The van der Waals surface area contributed by atoms with Gasteiger partial charge < -0.3 is 15.9 Å². The van der Waals surface area contributed by atoms with Crippen molar-refractivity contribution in [3.05, 3.63) is 29.8 Å². The second-order valence-electron chi connectivity index (χ2n) is 3.79. The molecule has 16 heavy (non-hydrogen) atoms. The van der Waals surface area contributed by atoms with E-state index in [4.69, 9.17) is 15.9 Å². The van der Waals surface area contributed by atoms with Crippen LogP contribution in [0.1, 0.15) is 18.4 Å². The molecule has 88 valence electrons. The molecule has 1 aromatic rings. The number of nitrogens with two attached hydrogens (primary N) is 1. The Labute approximate surface area is 92.5 Å². The third-order valence-electron chi connectivity index (χ3n) is 2.79. The van der Waals surface area contributed by atoms with E-state index in [2.05, 4.69) is 0 Å². The monoisotopic (exact) mass is 227 g/mol. The van der Waals surface area contributed by atoms with E-state index in [-0.39, 0.29) is 5.75 Å². The molecule has 1 rings (SSSR count). The highest BCUT2D eigenvalue weighted by atomic mass is 19.1. The maximum Gasteiger partial charge on any atom is 0.327 e. The molecule has 0 aliphatic heterocycles. The Morgan fingerprint density at radius 3 is 2.38 bits per heavy atom. The standard InChI is InChI=1S/C11H14FNO3/c1-7(11(13,6-12)10(15)16)8-2-4-9(14)5-3-8/h2-5,7,14H,6,13H2,1H3,(H,15,16)/t7-,11+/m1/s1. The molecule has 2 atom stereocenters. The number of phenolic OH excluding ortho intramolecular Hbond substituents is 1. The van der Waals surface area contributed by atoms with Gasteiger partial charge in [-0.1, -0.05) is 19.1 Å². The Balaban J connectivity index is 3.04. The lowest BCUT2D eigenvalue weighted by atomic mass is 9.82. The van der Waals surface area contributed by atoms with Crippen LogP contribution in [0.5, 0.6) is 5.75 Å². The van der Waals surface area contributed by atoms with Crippen LogP contribution >= 0.6 is 0 Å². The van der Waals surface area contributed by atoms with E-state index < -0.39 is 24.1 Å². The largest absolute Gasteiger partial charge is 0.508 e. The van der Waals surface area contributed by atoms with Crippen molar-refractivity contribution in [1.82, 2.24) is 0 Å². The number of phenols is 1. The van der Waals surface area contributed by atoms with Gasteiger partial charge in [-0.2, -0.15) is 0 Å². The fraction of sp³-hybridized carbons (Fsp3) is 0.364. The number of hydrogen-bond donors (Lipinski definition) is 3. The summed E-state index contributed by atoms with van der Waals surface area (Å²) >= 11 is 0. The molecule has 0 spiro atoms. The topological polar surface area (TPSA) is 83.5 Å². The zero-order chi connectivity index (χ0) is 12.3. The summed E-state index contributed by atoms with van der Waals surface area (Å²) in [5, 5.41) is 18.0. The Kier molecular flexibility index (Phi) is 3.49. The van der Waals surface area contributed by atoms with Crippen LogP contribution in [0.25, 0.3) is 0 Å². The van der Waals surface area contributed by atoms with Gasteiger partial charge in [-0.25, -0.2) is 4.39 Å². The number of aliphatic carboxylic acids is 1. The van der Waals surface area contributed by atoms with Gasteiger partial charge >= 0.3 is 5.97 Å². The van der Waals surface area contributed by atoms with Gasteiger partial charge in [-0.3, -0.25) is 4.79 Å². The molecule has 1 aromatic carbocycles. The number of rotatable bonds is 4. The average molecular weight is 227 g/mol. The molecule has 0 amide bonds. The van der Waals surface area contributed by atoms with Crippen LogP contribution < -0.4 is 5.73 Å². The van der Waals surface area contributed by atoms with Crippen LogP contribution in [-0.4, -0.2) is 28.4 Å². The van der Waals surface area contributed by atoms with Gasteiger partial charge in [-0.15, -0.1) is 0 Å². The fourth-order valence-electron chi connectivity index (χ4n) is 1.42. The third kappa shape index (κ3) is 2.14. The molecule has 4 N–H and O–H groups in total. The van der Waals surface area contributed by atoms with Gasteiger partial charge in [0, 0.05) is 5.92 Å². The summed E-state index contributed by atoms with van der Waals surface area (Å²) < 4.78 is 12.8. The second kappa shape index (κ2) is 4.49. The number of carbonyl (C=O) groups is 1. The van der Waals surface area contributed by atoms with Gasteiger partial charge in [0.1, 0.15) is 18.0 Å². The van der Waals surface area contributed by atoms with Gasteiger partial charge in [-0.05, 0) is 17.7 Å². The zero-order valence-corrected chi connectivity index (χ0v) is 8.85. The van der Waals surface area contributed by atoms with Gasteiger partial charge in [0.15, 0.2) is 0 Å². The van der Waals surface area contributed by atoms with E-state index in [1.54, 1.807) is 6.92 Å². The molecule has 0 bridgehead atoms. The molecule has 0 aliphatic rings. The summed E-state index contributed by atoms with van der Waals surface area (Å²) in [7, 11) is 0. The SMILES string of the molecule is C[C@H](c1ccc(O)cc1)[C@@](N)(CF)C(=O)O. The first-order valence-electron chi connectivity index (χ1n) is 4.79. The Hall–Kier alpha value is -1.62. The Bertz CT molecular complexity index is 379. The second-order valence-corrected chi connectivity index (χ2v) is 3.79. The lowest BCUT2D eigenvalue weighted by Crippen LogP contribution is -2.54. The number of halogens is 1. The summed E-state index contributed by atoms with van der Waals surface area (Å²) in [5.74, 6) is -2.00. The minimum Gasteiger partial charge on any atom is -0.508 e. The summed E-state index contributed by atoms with van der Waals surface area (Å²) in [6.45, 7) is 0.393. The van der Waals surface area contributed by atoms with Gasteiger partial charge in [0.05, 0.1) is 0 Å². The van der Waals surface area contributed by atoms with Crippen molar-refractivity contribution in [2.75, 3.05) is 6.67 Å². The van der Waals surface area contributed by atoms with Crippen LogP contribution in [0.2, 0.25) is 0 Å². The van der Waals surface area contributed by atoms with E-state index in [9.17, 15) is 9.18 Å². The van der Waals surface area contributed by atoms with E-state index in [1.807, 2.05) is 0 Å². The number of aromatic hydroxyl groups is 1. The third-order valence-corrected chi connectivity index (χ3v) is 2.79. The van der Waals surface area contributed by atoms with E-state index >= 15 is 0 Å². The number of hydrogen-bond acceptors (Lipinski definition) is 3. The number of carboxylic acid groups (broad SMARTS) is 1. The highest BCUT2D eigenvalue weighted by Gasteiger charge is 2.40. The lowest BCUT2D eigenvalue weighted by Gasteiger charge is -2.28. The summed E-state index contributed by atoms with van der Waals surface area (Å²) in [4.78, 5) is 10.9. The molecule has 4 nitrogen and oxygen atoms in total. The average Bonchev–Trinajstić information content (AvgIpc) is 2.27. The van der Waals surface area contributed by atoms with Crippen LogP contribution in [0, 0.1) is 0 Å². The zero-order valence-electron chi connectivity index (χ0n) is 8.85. The summed E-state index contributed by atoms with van der Waals surface area (Å²) in [5.41, 5.74) is 4.15. The fourth-order valence-corrected chi connectivity index (χ4v) is 1.42. The predicted octanol–water partition coefficient (Wildman–Crippen LogP) is 1.25. The molecule has 0 heterocycles. The highest BCUT2D eigenvalue weighted by molar-refractivity contribution is 5.80. The van der Waals surface area contributed by atoms with Crippen LogP contribution in [0.3, 0.4) is 0 Å². The van der Waals surface area contributed by atoms with Crippen molar-refractivity contribution in [3.63, 3.8) is 0 Å². The minimum atomic E-state index is -1.93. The molecule has 0 saturated carbocycles. The van der Waals surface area contributed by atoms with Crippen LogP contribution in [-0.2, 0) is 4.79 Å². The molecule has 0 aliphatic carbocycles. The molecular weight excluding hydrogens is 213 g/mol. The van der Waals surface area contributed by atoms with E-state index in [0.29, 0.717) is 5.56 Å². The highest BCUT2D eigenvalue weighted by Crippen LogP contribution is 2.28. The first-order valence-corrected chi connectivity index (χ1v) is 4.79. The predicted molar refractivity (Wildman–Crippen MR) is 57.1 cm³/mol. The molecular formula is C11H14FNO3. The maximum absolute atomic E-state index is 12.8. The van der Waals surface area contributed by atoms with Crippen LogP contribution in [0.15, 0.2) is 24.3 Å². The molecule has 5 heteroatoms. The summed E-state index contributed by atoms with van der Waals surface area (Å²) in [6, 6.07) is 5.87. The Morgan fingerprint density at radius 1 is 1.50 bits per heavy atom. The van der Waals surface area contributed by atoms with Crippen molar-refractivity contribution in [1.29, 1.82) is 0 Å². The first kappa shape index (κ1) is 12.4. The van der Waals surface area contributed by atoms with E-state index in [1.165, 1.54) is 24.3 Å². The van der Waals surface area contributed by atoms with E-state index in [0.717, 1.165) is 0 Å². The quantitative estimate of drug-likeness (QED) is 0.722. The number of carboxylic acids is 1. The normalized spacial score (nSPS) is 16.4. The van der Waals surface area contributed by atoms with Crippen LogP contribution in [0.4, 0.5) is 4.39 Å². The smallest absolute Gasteiger partial charge is 0.327 e. The lowest BCUT2D eigenvalue weighted by molar-refractivity contribution is -0.144. The molecule has 0 aromatic heterocycles. The maximum atomic E-state index is 12.8. The molecule has 0 fully saturated rings. The molecule has 0 saturated heterocycles. The molecule has 0 unspecified atom stereocenters. The first-order chi connectivity index (χ1) is 7.41. The van der Waals surface area contributed by atoms with Crippen molar-refractivity contribution in [2.24, 2.45) is 5.73 Å². The van der Waals surface area contributed by atoms with Gasteiger partial charge in [0.2, 0.25) is 0 Å². The summed E-state index contributed by atoms with van der Waals surface area (Å²) in [6.07, 6.45) is 0. The van der Waals surface area contributed by atoms with Gasteiger partial charge in [0.25, 0.3) is 0 Å². The number of alkyl halides is 1. The number of benzene rings is 1. The van der Waals surface area contributed by atoms with Crippen molar-refractivity contribution >= 4 is 5.97 Å². The van der Waals surface area contributed by atoms with Crippen molar-refractivity contribution in [2.45, 2.75) is 18.4 Å². The van der Waals surface area contributed by atoms with Crippen molar-refractivity contribution in [3.8, 4) is 5.75 Å². The molecule has 0 radical (unpaired) electrons.